The van der Waals surface area contributed by atoms with E-state index in [9.17, 15) is 4.79 Å². The van der Waals surface area contributed by atoms with Crippen molar-refractivity contribution in [2.45, 2.75) is 31.3 Å². The molecule has 1 fully saturated rings. The van der Waals surface area contributed by atoms with Crippen LogP contribution in [0.25, 0.3) is 22.4 Å². The van der Waals surface area contributed by atoms with Crippen LogP contribution >= 0.6 is 0 Å². The average Bonchev–Trinajstić information content (AvgIpc) is 2.89. The Labute approximate surface area is 204 Å². The van der Waals surface area contributed by atoms with E-state index in [0.29, 0.717) is 18.1 Å². The van der Waals surface area contributed by atoms with Gasteiger partial charge in [-0.3, -0.25) is 14.7 Å². The summed E-state index contributed by atoms with van der Waals surface area (Å²) >= 11 is 0. The maximum absolute atomic E-state index is 12.9. The van der Waals surface area contributed by atoms with Gasteiger partial charge in [-0.2, -0.15) is 0 Å². The van der Waals surface area contributed by atoms with Gasteiger partial charge < -0.3 is 10.5 Å². The first-order valence-electron chi connectivity index (χ1n) is 11.9. The Morgan fingerprint density at radius 1 is 0.943 bits per heavy atom. The summed E-state index contributed by atoms with van der Waals surface area (Å²) in [6.07, 6.45) is 4.95. The normalized spacial score (nSPS) is 16.3. The van der Waals surface area contributed by atoms with E-state index >= 15 is 0 Å². The molecule has 0 bridgehead atoms. The predicted octanol–water partition coefficient (Wildman–Crippen LogP) is 5.07. The molecule has 2 N–H and O–H groups in total. The molecular weight excluding hydrogens is 436 g/mol. The van der Waals surface area contributed by atoms with Crippen LogP contribution in [0.2, 0.25) is 0 Å². The second kappa shape index (κ2) is 8.64. The van der Waals surface area contributed by atoms with Crippen LogP contribution in [0.3, 0.4) is 0 Å². The lowest BCUT2D eigenvalue weighted by Crippen LogP contribution is -2.43. The number of ether oxygens (including phenoxy) is 1. The first kappa shape index (κ1) is 21.5. The highest BCUT2D eigenvalue weighted by Gasteiger charge is 2.34. The monoisotopic (exact) mass is 462 g/mol. The summed E-state index contributed by atoms with van der Waals surface area (Å²) in [4.78, 5) is 23.9. The quantitative estimate of drug-likeness (QED) is 0.448. The van der Waals surface area contributed by atoms with Gasteiger partial charge in [0.2, 0.25) is 5.88 Å². The van der Waals surface area contributed by atoms with E-state index in [0.717, 1.165) is 46.5 Å². The van der Waals surface area contributed by atoms with Crippen molar-refractivity contribution < 1.29 is 9.53 Å². The van der Waals surface area contributed by atoms with Crippen molar-refractivity contribution in [1.29, 1.82) is 0 Å². The van der Waals surface area contributed by atoms with Crippen LogP contribution in [0, 0.1) is 0 Å². The lowest BCUT2D eigenvalue weighted by Gasteiger charge is -2.38. The molecule has 4 aromatic rings. The number of amides is 1. The minimum atomic E-state index is -0.209. The van der Waals surface area contributed by atoms with Gasteiger partial charge in [0.25, 0.3) is 5.91 Å². The number of nitrogens with zero attached hydrogens (tertiary/aromatic N) is 3. The maximum Gasteiger partial charge on any atom is 0.265 e. The van der Waals surface area contributed by atoms with E-state index < -0.39 is 0 Å². The molecule has 1 aliphatic carbocycles. The van der Waals surface area contributed by atoms with Gasteiger partial charge in [-0.1, -0.05) is 60.7 Å². The first-order chi connectivity index (χ1) is 17.1. The standard InChI is InChI=1S/C29H26N4O2/c30-29(14-6-15-29)22-12-10-21(11-13-22)27-24(20-7-2-1-3-8-20)17-25-28(32-27)35-19-26(34)33(25)18-23-9-4-5-16-31-23/h1-5,7-13,16-17H,6,14-15,18-19,30H2. The molecule has 0 saturated heterocycles. The van der Waals surface area contributed by atoms with Crippen molar-refractivity contribution in [1.82, 2.24) is 9.97 Å². The zero-order valence-corrected chi connectivity index (χ0v) is 19.4. The molecule has 2 aliphatic rings. The highest BCUT2D eigenvalue weighted by molar-refractivity contribution is 5.99. The molecule has 6 rings (SSSR count). The molecule has 0 unspecified atom stereocenters. The van der Waals surface area contributed by atoms with E-state index in [-0.39, 0.29) is 18.1 Å². The van der Waals surface area contributed by atoms with Gasteiger partial charge in [0.05, 0.1) is 17.9 Å². The van der Waals surface area contributed by atoms with E-state index in [2.05, 4.69) is 41.4 Å². The van der Waals surface area contributed by atoms with Crippen LogP contribution in [-0.4, -0.2) is 22.5 Å². The highest BCUT2D eigenvalue weighted by Crippen LogP contribution is 2.42. The summed E-state index contributed by atoms with van der Waals surface area (Å²) in [5.74, 6) is 0.336. The molecule has 6 heteroatoms. The third kappa shape index (κ3) is 3.96. The number of carbonyl (C=O) groups excluding carboxylic acids is 1. The number of hydrogen-bond acceptors (Lipinski definition) is 5. The molecule has 2 aromatic heterocycles. The Morgan fingerprint density at radius 2 is 1.71 bits per heavy atom. The van der Waals surface area contributed by atoms with E-state index in [4.69, 9.17) is 15.5 Å². The number of nitrogens with two attached hydrogens (primary N) is 1. The average molecular weight is 463 g/mol. The predicted molar refractivity (Wildman–Crippen MR) is 136 cm³/mol. The van der Waals surface area contributed by atoms with Crippen LogP contribution in [0.1, 0.15) is 30.5 Å². The molecule has 1 saturated carbocycles. The maximum atomic E-state index is 12.9. The highest BCUT2D eigenvalue weighted by atomic mass is 16.5. The van der Waals surface area contributed by atoms with Crippen molar-refractivity contribution in [2.75, 3.05) is 11.5 Å². The summed E-state index contributed by atoms with van der Waals surface area (Å²) in [5.41, 5.74) is 12.7. The molecule has 35 heavy (non-hydrogen) atoms. The molecule has 0 atom stereocenters. The third-order valence-corrected chi connectivity index (χ3v) is 7.00. The van der Waals surface area contributed by atoms with Gasteiger partial charge in [-0.05, 0) is 48.6 Å². The lowest BCUT2D eigenvalue weighted by atomic mass is 9.72. The number of hydrogen-bond donors (Lipinski definition) is 1. The molecule has 174 valence electrons. The number of anilines is 1. The van der Waals surface area contributed by atoms with Gasteiger partial charge >= 0.3 is 0 Å². The number of carbonyl (C=O) groups is 1. The van der Waals surface area contributed by atoms with Crippen molar-refractivity contribution in [3.8, 4) is 28.3 Å². The number of rotatable bonds is 5. The third-order valence-electron chi connectivity index (χ3n) is 7.00. The van der Waals surface area contributed by atoms with Crippen molar-refractivity contribution in [2.24, 2.45) is 5.73 Å². The molecule has 1 amide bonds. The fourth-order valence-electron chi connectivity index (χ4n) is 4.82. The molecule has 1 aliphatic heterocycles. The minimum Gasteiger partial charge on any atom is -0.466 e. The number of fused-ring (bicyclic) bond motifs is 1. The summed E-state index contributed by atoms with van der Waals surface area (Å²) in [6.45, 7) is 0.310. The van der Waals surface area contributed by atoms with Gasteiger partial charge in [0.1, 0.15) is 5.69 Å². The Morgan fingerprint density at radius 3 is 2.40 bits per heavy atom. The van der Waals surface area contributed by atoms with E-state index in [1.807, 2.05) is 42.5 Å². The second-order valence-electron chi connectivity index (χ2n) is 9.25. The largest absolute Gasteiger partial charge is 0.466 e. The number of pyridine rings is 2. The van der Waals surface area contributed by atoms with Gasteiger partial charge in [-0.15, -0.1) is 0 Å². The Balaban J connectivity index is 1.46. The smallest absolute Gasteiger partial charge is 0.265 e. The molecular formula is C29H26N4O2. The van der Waals surface area contributed by atoms with E-state index in [1.54, 1.807) is 11.1 Å². The van der Waals surface area contributed by atoms with Crippen LogP contribution < -0.4 is 15.4 Å². The van der Waals surface area contributed by atoms with Gasteiger partial charge in [0.15, 0.2) is 6.61 Å². The van der Waals surface area contributed by atoms with Crippen LogP contribution in [-0.2, 0) is 16.9 Å². The SMILES string of the molecule is NC1(c2ccc(-c3nc4c(cc3-c3ccccc3)N(Cc3ccccn3)C(=O)CO4)cc2)CCC1. The molecule has 6 nitrogen and oxygen atoms in total. The number of benzene rings is 2. The van der Waals surface area contributed by atoms with Gasteiger partial charge in [0, 0.05) is 22.9 Å². The molecule has 3 heterocycles. The zero-order valence-electron chi connectivity index (χ0n) is 19.4. The van der Waals surface area contributed by atoms with E-state index in [1.165, 1.54) is 6.42 Å². The van der Waals surface area contributed by atoms with Crippen molar-refractivity contribution >= 4 is 11.6 Å². The summed E-state index contributed by atoms with van der Waals surface area (Å²) in [6, 6.07) is 26.2. The molecule has 0 radical (unpaired) electrons. The summed E-state index contributed by atoms with van der Waals surface area (Å²) < 4.78 is 5.82. The van der Waals surface area contributed by atoms with Crippen LogP contribution in [0.4, 0.5) is 5.69 Å². The topological polar surface area (TPSA) is 81.3 Å². The van der Waals surface area contributed by atoms with Gasteiger partial charge in [-0.25, -0.2) is 4.98 Å². The number of aromatic nitrogens is 2. The fraction of sp³-hybridized carbons (Fsp3) is 0.207. The van der Waals surface area contributed by atoms with Crippen LogP contribution in [0.15, 0.2) is 85.1 Å². The zero-order chi connectivity index (χ0) is 23.8. The Bertz CT molecular complexity index is 1370. The second-order valence-corrected chi connectivity index (χ2v) is 9.25. The fourth-order valence-corrected chi connectivity index (χ4v) is 4.82. The minimum absolute atomic E-state index is 0.0500. The van der Waals surface area contributed by atoms with Crippen LogP contribution in [0.5, 0.6) is 5.88 Å². The van der Waals surface area contributed by atoms with Crippen molar-refractivity contribution in [3.05, 3.63) is 96.3 Å². The lowest BCUT2D eigenvalue weighted by molar-refractivity contribution is -0.121. The van der Waals surface area contributed by atoms with Crippen molar-refractivity contribution in [3.63, 3.8) is 0 Å². The summed E-state index contributed by atoms with van der Waals surface area (Å²) in [7, 11) is 0. The Hall–Kier alpha value is -4.03. The summed E-state index contributed by atoms with van der Waals surface area (Å²) in [5, 5.41) is 0. The molecule has 2 aromatic carbocycles. The first-order valence-corrected chi connectivity index (χ1v) is 11.9. The molecule has 0 spiro atoms. The Kier molecular flexibility index (Phi) is 5.30.